The first-order chi connectivity index (χ1) is 12.1. The average Bonchev–Trinajstić information content (AvgIpc) is 2.63. The fraction of sp³-hybridized carbons (Fsp3) is 0.471. The summed E-state index contributed by atoms with van der Waals surface area (Å²) in [4.78, 5) is 38.9. The first-order valence-electron chi connectivity index (χ1n) is 8.48. The number of hydrogen-bond acceptors (Lipinski definition) is 6. The van der Waals surface area contributed by atoms with Crippen LogP contribution in [0.2, 0.25) is 0 Å². The maximum Gasteiger partial charge on any atom is 0.253 e. The van der Waals surface area contributed by atoms with Gasteiger partial charge in [-0.2, -0.15) is 0 Å². The Balaban J connectivity index is 1.57. The van der Waals surface area contributed by atoms with E-state index >= 15 is 0 Å². The van der Waals surface area contributed by atoms with Gasteiger partial charge < -0.3 is 10.2 Å². The van der Waals surface area contributed by atoms with Crippen LogP contribution in [0.1, 0.15) is 30.7 Å². The molecule has 132 valence electrons. The van der Waals surface area contributed by atoms with Gasteiger partial charge in [-0.25, -0.2) is 15.0 Å². The molecule has 1 aliphatic rings. The normalized spacial score (nSPS) is 14.4. The van der Waals surface area contributed by atoms with E-state index in [-0.39, 0.29) is 18.0 Å². The third kappa shape index (κ3) is 4.62. The lowest BCUT2D eigenvalue weighted by Crippen LogP contribution is -2.33. The topological polar surface area (TPSA) is 93.0 Å². The summed E-state index contributed by atoms with van der Waals surface area (Å²) in [7, 11) is 0. The number of carbonyl (C=O) groups excluding carboxylic acids is 1. The van der Waals surface area contributed by atoms with E-state index in [1.807, 2.05) is 0 Å². The molecule has 2 aromatic rings. The Morgan fingerprint density at radius 1 is 1.24 bits per heavy atom. The minimum absolute atomic E-state index is 0.0593. The summed E-state index contributed by atoms with van der Waals surface area (Å²) in [5.41, 5.74) is 1.14. The number of anilines is 1. The van der Waals surface area contributed by atoms with Crippen molar-refractivity contribution in [2.24, 2.45) is 0 Å². The van der Waals surface area contributed by atoms with E-state index in [2.05, 4.69) is 25.2 Å². The van der Waals surface area contributed by atoms with Gasteiger partial charge >= 0.3 is 0 Å². The molecule has 1 fully saturated rings. The number of amides is 1. The van der Waals surface area contributed by atoms with Gasteiger partial charge in [0.25, 0.3) is 5.56 Å². The molecule has 2 aromatic heterocycles. The van der Waals surface area contributed by atoms with Crippen molar-refractivity contribution in [2.75, 3.05) is 18.0 Å². The maximum atomic E-state index is 12.1. The summed E-state index contributed by atoms with van der Waals surface area (Å²) in [5, 5.41) is 2.78. The third-order valence-corrected chi connectivity index (χ3v) is 4.14. The summed E-state index contributed by atoms with van der Waals surface area (Å²) in [6.07, 6.45) is 6.66. The quantitative estimate of drug-likeness (QED) is 0.857. The highest BCUT2D eigenvalue weighted by Gasteiger charge is 2.14. The highest BCUT2D eigenvalue weighted by atomic mass is 16.2. The molecule has 1 aliphatic heterocycles. The monoisotopic (exact) mass is 342 g/mol. The van der Waals surface area contributed by atoms with Crippen LogP contribution in [0.15, 0.2) is 29.5 Å². The molecule has 0 saturated carbocycles. The molecule has 0 aliphatic carbocycles. The highest BCUT2D eigenvalue weighted by molar-refractivity contribution is 5.75. The van der Waals surface area contributed by atoms with Crippen molar-refractivity contribution in [3.05, 3.63) is 46.4 Å². The summed E-state index contributed by atoms with van der Waals surface area (Å²) >= 11 is 0. The maximum absolute atomic E-state index is 12.1. The fourth-order valence-corrected chi connectivity index (χ4v) is 2.76. The Hall–Kier alpha value is -2.77. The van der Waals surface area contributed by atoms with Gasteiger partial charge in [-0.15, -0.1) is 0 Å². The molecule has 1 amide bonds. The lowest BCUT2D eigenvalue weighted by atomic mass is 10.1. The van der Waals surface area contributed by atoms with E-state index in [4.69, 9.17) is 0 Å². The van der Waals surface area contributed by atoms with Crippen molar-refractivity contribution >= 4 is 11.9 Å². The number of rotatable bonds is 5. The Labute approximate surface area is 145 Å². The Morgan fingerprint density at radius 2 is 2.04 bits per heavy atom. The zero-order chi connectivity index (χ0) is 17.6. The average molecular weight is 342 g/mol. The lowest BCUT2D eigenvalue weighted by molar-refractivity contribution is -0.121. The number of nitrogens with zero attached hydrogens (tertiary/aromatic N) is 5. The van der Waals surface area contributed by atoms with E-state index in [1.54, 1.807) is 19.2 Å². The second-order valence-electron chi connectivity index (χ2n) is 6.17. The molecule has 1 N–H and O–H groups in total. The van der Waals surface area contributed by atoms with E-state index < -0.39 is 0 Å². The lowest BCUT2D eigenvalue weighted by Gasteiger charge is -2.26. The Morgan fingerprint density at radius 3 is 2.80 bits per heavy atom. The number of hydrogen-bond donors (Lipinski definition) is 1. The minimum Gasteiger partial charge on any atom is -0.349 e. The molecule has 1 saturated heterocycles. The molecule has 8 nitrogen and oxygen atoms in total. The van der Waals surface area contributed by atoms with Gasteiger partial charge in [0.2, 0.25) is 11.9 Å². The first kappa shape index (κ1) is 17.1. The second kappa shape index (κ2) is 7.87. The van der Waals surface area contributed by atoms with Crippen LogP contribution in [0.3, 0.4) is 0 Å². The summed E-state index contributed by atoms with van der Waals surface area (Å²) in [6.45, 7) is 3.92. The van der Waals surface area contributed by atoms with Crippen LogP contribution in [0.4, 0.5) is 5.95 Å². The van der Waals surface area contributed by atoms with Crippen LogP contribution in [-0.4, -0.2) is 38.5 Å². The van der Waals surface area contributed by atoms with E-state index in [0.717, 1.165) is 31.6 Å². The van der Waals surface area contributed by atoms with Crippen LogP contribution in [0, 0.1) is 6.92 Å². The SMILES string of the molecule is Cc1cc(=O)n(CC(=O)NCc2ccnc(N3CCCCC3)n2)cn1. The van der Waals surface area contributed by atoms with Gasteiger partial charge in [0, 0.05) is 31.0 Å². The number of aromatic nitrogens is 4. The van der Waals surface area contributed by atoms with Gasteiger partial charge in [0.1, 0.15) is 6.54 Å². The van der Waals surface area contributed by atoms with Gasteiger partial charge in [0.05, 0.1) is 18.6 Å². The summed E-state index contributed by atoms with van der Waals surface area (Å²) < 4.78 is 1.28. The largest absolute Gasteiger partial charge is 0.349 e. The van der Waals surface area contributed by atoms with Crippen molar-refractivity contribution in [1.82, 2.24) is 24.8 Å². The standard InChI is InChI=1S/C17H22N6O2/c1-13-9-16(25)23(12-20-13)11-15(24)19-10-14-5-6-18-17(21-14)22-7-3-2-4-8-22/h5-6,9,12H,2-4,7-8,10-11H2,1H3,(H,19,24). The van der Waals surface area contributed by atoms with Crippen LogP contribution in [0.25, 0.3) is 0 Å². The molecule has 8 heteroatoms. The van der Waals surface area contributed by atoms with Crippen LogP contribution in [-0.2, 0) is 17.9 Å². The van der Waals surface area contributed by atoms with Crippen LogP contribution in [0.5, 0.6) is 0 Å². The molecule has 0 spiro atoms. The van der Waals surface area contributed by atoms with Gasteiger partial charge in [0.15, 0.2) is 0 Å². The number of nitrogens with one attached hydrogen (secondary N) is 1. The van der Waals surface area contributed by atoms with Crippen LogP contribution >= 0.6 is 0 Å². The van der Waals surface area contributed by atoms with E-state index in [1.165, 1.54) is 23.4 Å². The van der Waals surface area contributed by atoms with E-state index in [0.29, 0.717) is 18.2 Å². The number of piperidine rings is 1. The molecule has 25 heavy (non-hydrogen) atoms. The van der Waals surface area contributed by atoms with Crippen molar-refractivity contribution in [3.63, 3.8) is 0 Å². The van der Waals surface area contributed by atoms with Gasteiger partial charge in [-0.05, 0) is 32.3 Å². The Kier molecular flexibility index (Phi) is 5.37. The predicted molar refractivity (Wildman–Crippen MR) is 93.2 cm³/mol. The molecule has 3 rings (SSSR count). The molecule has 0 unspecified atom stereocenters. The number of aryl methyl sites for hydroxylation is 1. The number of carbonyl (C=O) groups is 1. The van der Waals surface area contributed by atoms with Crippen molar-refractivity contribution < 1.29 is 4.79 Å². The molecule has 0 aromatic carbocycles. The van der Waals surface area contributed by atoms with Gasteiger partial charge in [-0.3, -0.25) is 14.2 Å². The third-order valence-electron chi connectivity index (χ3n) is 4.14. The van der Waals surface area contributed by atoms with Crippen molar-refractivity contribution in [1.29, 1.82) is 0 Å². The summed E-state index contributed by atoms with van der Waals surface area (Å²) in [5.74, 6) is 0.455. The summed E-state index contributed by atoms with van der Waals surface area (Å²) in [6, 6.07) is 3.19. The smallest absolute Gasteiger partial charge is 0.253 e. The molecular weight excluding hydrogens is 320 g/mol. The highest BCUT2D eigenvalue weighted by Crippen LogP contribution is 2.15. The zero-order valence-electron chi connectivity index (χ0n) is 14.3. The van der Waals surface area contributed by atoms with Gasteiger partial charge in [-0.1, -0.05) is 0 Å². The van der Waals surface area contributed by atoms with Crippen LogP contribution < -0.4 is 15.8 Å². The first-order valence-corrected chi connectivity index (χ1v) is 8.48. The minimum atomic E-state index is -0.258. The predicted octanol–water partition coefficient (Wildman–Crippen LogP) is 0.648. The van der Waals surface area contributed by atoms with Crippen molar-refractivity contribution in [3.8, 4) is 0 Å². The molecule has 0 radical (unpaired) electrons. The second-order valence-corrected chi connectivity index (χ2v) is 6.17. The molecule has 3 heterocycles. The molecule has 0 bridgehead atoms. The zero-order valence-corrected chi connectivity index (χ0v) is 14.3. The molecular formula is C17H22N6O2. The Bertz CT molecular complexity index is 798. The molecule has 0 atom stereocenters. The van der Waals surface area contributed by atoms with E-state index in [9.17, 15) is 9.59 Å². The van der Waals surface area contributed by atoms with Crippen molar-refractivity contribution in [2.45, 2.75) is 39.3 Å². The fourth-order valence-electron chi connectivity index (χ4n) is 2.76.